The molecular weight excluding hydrogens is 424 g/mol. The van der Waals surface area contributed by atoms with Gasteiger partial charge in [-0.3, -0.25) is 4.79 Å². The summed E-state index contributed by atoms with van der Waals surface area (Å²) in [6.07, 6.45) is 4.49. The molecule has 9 heteroatoms. The van der Waals surface area contributed by atoms with Gasteiger partial charge in [0, 0.05) is 48.7 Å². The van der Waals surface area contributed by atoms with Crippen molar-refractivity contribution in [1.82, 2.24) is 14.6 Å². The normalized spacial score (nSPS) is 14.6. The highest BCUT2D eigenvalue weighted by Crippen LogP contribution is 2.29. The molecular formula is C22H21F2N3O3S. The van der Waals surface area contributed by atoms with Crippen LogP contribution in [0.3, 0.4) is 0 Å². The van der Waals surface area contributed by atoms with E-state index in [4.69, 9.17) is 0 Å². The van der Waals surface area contributed by atoms with Crippen molar-refractivity contribution in [3.05, 3.63) is 71.9 Å². The highest BCUT2D eigenvalue weighted by molar-refractivity contribution is 7.89. The lowest BCUT2D eigenvalue weighted by atomic mass is 9.99. The van der Waals surface area contributed by atoms with Crippen molar-refractivity contribution in [3.8, 4) is 0 Å². The quantitative estimate of drug-likeness (QED) is 0.610. The highest BCUT2D eigenvalue weighted by atomic mass is 32.2. The van der Waals surface area contributed by atoms with E-state index < -0.39 is 15.8 Å². The van der Waals surface area contributed by atoms with Gasteiger partial charge in [0.2, 0.25) is 15.9 Å². The predicted octanol–water partition coefficient (Wildman–Crippen LogP) is 3.43. The molecule has 162 valence electrons. The molecule has 2 aromatic carbocycles. The number of rotatable bonds is 6. The van der Waals surface area contributed by atoms with Crippen molar-refractivity contribution >= 4 is 32.4 Å². The summed E-state index contributed by atoms with van der Waals surface area (Å²) in [6, 6.07) is 9.10. The Balaban J connectivity index is 1.33. The average molecular weight is 445 g/mol. The minimum atomic E-state index is -3.80. The van der Waals surface area contributed by atoms with Crippen molar-refractivity contribution in [3.63, 3.8) is 0 Å². The molecule has 2 N–H and O–H groups in total. The van der Waals surface area contributed by atoms with Crippen LogP contribution in [0.4, 0.5) is 8.78 Å². The van der Waals surface area contributed by atoms with Gasteiger partial charge in [-0.25, -0.2) is 21.9 Å². The molecule has 0 saturated heterocycles. The first-order valence-corrected chi connectivity index (χ1v) is 11.3. The number of benzene rings is 2. The number of H-pyrrole nitrogens is 1. The zero-order valence-electron chi connectivity index (χ0n) is 16.6. The summed E-state index contributed by atoms with van der Waals surface area (Å²) in [6.45, 7) is 0.898. The molecule has 1 aliphatic heterocycles. The highest BCUT2D eigenvalue weighted by Gasteiger charge is 2.20. The van der Waals surface area contributed by atoms with Gasteiger partial charge in [0.05, 0.1) is 4.90 Å². The van der Waals surface area contributed by atoms with E-state index in [0.717, 1.165) is 34.2 Å². The standard InChI is InChI=1S/C22H21F2N3O3S/c23-16-1-4-18(5-2-16)31(29,30)26-10-7-22(28)27-11-8-15(9-12-27)20-14-25-21-13-17(24)3-6-19(20)21/h1-6,8,13-14,25-26H,7,9-12H2. The van der Waals surface area contributed by atoms with E-state index in [1.54, 1.807) is 11.0 Å². The van der Waals surface area contributed by atoms with Gasteiger partial charge < -0.3 is 9.88 Å². The van der Waals surface area contributed by atoms with Gasteiger partial charge in [0.25, 0.3) is 0 Å². The Morgan fingerprint density at radius 3 is 2.55 bits per heavy atom. The molecule has 0 radical (unpaired) electrons. The third kappa shape index (κ3) is 4.67. The van der Waals surface area contributed by atoms with Crippen LogP contribution < -0.4 is 4.72 Å². The van der Waals surface area contributed by atoms with Gasteiger partial charge in [-0.2, -0.15) is 0 Å². The number of nitrogens with zero attached hydrogens (tertiary/aromatic N) is 1. The number of carbonyl (C=O) groups is 1. The van der Waals surface area contributed by atoms with Gasteiger partial charge in [-0.15, -0.1) is 0 Å². The Hall–Kier alpha value is -3.04. The molecule has 0 unspecified atom stereocenters. The van der Waals surface area contributed by atoms with Crippen LogP contribution in [0.1, 0.15) is 18.4 Å². The summed E-state index contributed by atoms with van der Waals surface area (Å²) in [5.41, 5.74) is 2.80. The van der Waals surface area contributed by atoms with Gasteiger partial charge in [0.15, 0.2) is 0 Å². The second kappa shape index (κ2) is 8.60. The summed E-state index contributed by atoms with van der Waals surface area (Å²) in [5.74, 6) is -0.977. The number of nitrogens with one attached hydrogen (secondary N) is 2. The zero-order chi connectivity index (χ0) is 22.0. The molecule has 0 spiro atoms. The Labute approximate surface area is 178 Å². The molecule has 0 bridgehead atoms. The number of carbonyl (C=O) groups excluding carboxylic acids is 1. The van der Waals surface area contributed by atoms with Crippen LogP contribution in [0, 0.1) is 11.6 Å². The second-order valence-corrected chi connectivity index (χ2v) is 9.08. The third-order valence-corrected chi connectivity index (χ3v) is 6.78. The number of sulfonamides is 1. The van der Waals surface area contributed by atoms with Crippen LogP contribution in [0.5, 0.6) is 0 Å². The Bertz CT molecular complexity index is 1250. The maximum atomic E-state index is 13.4. The largest absolute Gasteiger partial charge is 0.360 e. The molecule has 1 amide bonds. The number of halogens is 2. The molecule has 0 aliphatic carbocycles. The smallest absolute Gasteiger partial charge is 0.240 e. The minimum Gasteiger partial charge on any atom is -0.360 e. The first-order chi connectivity index (χ1) is 14.8. The maximum Gasteiger partial charge on any atom is 0.240 e. The number of fused-ring (bicyclic) bond motifs is 1. The van der Waals surface area contributed by atoms with E-state index in [-0.39, 0.29) is 29.6 Å². The van der Waals surface area contributed by atoms with Crippen molar-refractivity contribution in [1.29, 1.82) is 0 Å². The summed E-state index contributed by atoms with van der Waals surface area (Å²) < 4.78 is 53.1. The average Bonchev–Trinajstić information content (AvgIpc) is 3.17. The fourth-order valence-electron chi connectivity index (χ4n) is 3.65. The molecule has 0 fully saturated rings. The molecule has 1 aromatic heterocycles. The second-order valence-electron chi connectivity index (χ2n) is 7.31. The maximum absolute atomic E-state index is 13.4. The molecule has 3 aromatic rings. The topological polar surface area (TPSA) is 82.3 Å². The van der Waals surface area contributed by atoms with E-state index in [9.17, 15) is 22.0 Å². The van der Waals surface area contributed by atoms with Crippen LogP contribution in [-0.2, 0) is 14.8 Å². The molecule has 4 rings (SSSR count). The SMILES string of the molecule is O=C(CCNS(=O)(=O)c1ccc(F)cc1)N1CC=C(c2c[nH]c3cc(F)ccc23)CC1. The fourth-order valence-corrected chi connectivity index (χ4v) is 4.68. The van der Waals surface area contributed by atoms with Gasteiger partial charge in [-0.05, 0) is 54.5 Å². The Kier molecular flexibility index (Phi) is 5.88. The van der Waals surface area contributed by atoms with E-state index in [1.807, 2.05) is 12.3 Å². The summed E-state index contributed by atoms with van der Waals surface area (Å²) in [4.78, 5) is 17.2. The monoisotopic (exact) mass is 445 g/mol. The first-order valence-electron chi connectivity index (χ1n) is 9.82. The van der Waals surface area contributed by atoms with E-state index >= 15 is 0 Å². The first kappa shape index (κ1) is 21.2. The van der Waals surface area contributed by atoms with Crippen LogP contribution in [-0.4, -0.2) is 43.8 Å². The lowest BCUT2D eigenvalue weighted by molar-refractivity contribution is -0.130. The van der Waals surface area contributed by atoms with Gasteiger partial charge in [0.1, 0.15) is 11.6 Å². The van der Waals surface area contributed by atoms with Crippen LogP contribution >= 0.6 is 0 Å². The van der Waals surface area contributed by atoms with E-state index in [2.05, 4.69) is 9.71 Å². The predicted molar refractivity (Wildman–Crippen MR) is 114 cm³/mol. The Morgan fingerprint density at radius 1 is 1.10 bits per heavy atom. The van der Waals surface area contributed by atoms with Crippen molar-refractivity contribution in [2.45, 2.75) is 17.7 Å². The number of aromatic amines is 1. The summed E-state index contributed by atoms with van der Waals surface area (Å²) >= 11 is 0. The van der Waals surface area contributed by atoms with Crippen LogP contribution in [0.15, 0.2) is 59.6 Å². The summed E-state index contributed by atoms with van der Waals surface area (Å²) in [7, 11) is -3.80. The summed E-state index contributed by atoms with van der Waals surface area (Å²) in [5, 5.41) is 0.933. The molecule has 2 heterocycles. The van der Waals surface area contributed by atoms with Gasteiger partial charge >= 0.3 is 0 Å². The van der Waals surface area contributed by atoms with Crippen molar-refractivity contribution < 1.29 is 22.0 Å². The number of amides is 1. The lowest BCUT2D eigenvalue weighted by Crippen LogP contribution is -2.37. The fraction of sp³-hybridized carbons (Fsp3) is 0.227. The van der Waals surface area contributed by atoms with Crippen LogP contribution in [0.2, 0.25) is 0 Å². The lowest BCUT2D eigenvalue weighted by Gasteiger charge is -2.26. The van der Waals surface area contributed by atoms with Crippen molar-refractivity contribution in [2.24, 2.45) is 0 Å². The zero-order valence-corrected chi connectivity index (χ0v) is 17.4. The number of aromatic nitrogens is 1. The third-order valence-electron chi connectivity index (χ3n) is 5.31. The molecule has 1 aliphatic rings. The Morgan fingerprint density at radius 2 is 1.84 bits per heavy atom. The number of hydrogen-bond acceptors (Lipinski definition) is 3. The molecule has 6 nitrogen and oxygen atoms in total. The van der Waals surface area contributed by atoms with E-state index in [0.29, 0.717) is 19.5 Å². The van der Waals surface area contributed by atoms with E-state index in [1.165, 1.54) is 24.3 Å². The molecule has 31 heavy (non-hydrogen) atoms. The minimum absolute atomic E-state index is 0.0238. The van der Waals surface area contributed by atoms with Crippen LogP contribution in [0.25, 0.3) is 16.5 Å². The van der Waals surface area contributed by atoms with Crippen molar-refractivity contribution in [2.75, 3.05) is 19.6 Å². The molecule has 0 saturated carbocycles. The molecule has 0 atom stereocenters. The number of hydrogen-bond donors (Lipinski definition) is 2. The van der Waals surface area contributed by atoms with Gasteiger partial charge in [-0.1, -0.05) is 6.08 Å².